The van der Waals surface area contributed by atoms with Crippen molar-refractivity contribution in [3.63, 3.8) is 0 Å². The SMILES string of the molecule is Cc1ccc(C(=O)Oc2cccc(C3C4=C(CC(C)(C)CC4=O)NC4=C3C(=O)c3ccccc34)c2)cc1. The van der Waals surface area contributed by atoms with Crippen LogP contribution in [0.1, 0.15) is 70.0 Å². The molecule has 0 bridgehead atoms. The van der Waals surface area contributed by atoms with Gasteiger partial charge in [0.15, 0.2) is 11.6 Å². The predicted molar refractivity (Wildman–Crippen MR) is 141 cm³/mol. The van der Waals surface area contributed by atoms with Gasteiger partial charge in [-0.05, 0) is 48.6 Å². The van der Waals surface area contributed by atoms with Gasteiger partial charge in [0.25, 0.3) is 0 Å². The van der Waals surface area contributed by atoms with Gasteiger partial charge >= 0.3 is 5.97 Å². The van der Waals surface area contributed by atoms with Gasteiger partial charge < -0.3 is 10.1 Å². The van der Waals surface area contributed by atoms with Crippen LogP contribution in [-0.4, -0.2) is 17.5 Å². The number of fused-ring (bicyclic) bond motifs is 2. The molecule has 3 aromatic carbocycles. The van der Waals surface area contributed by atoms with E-state index in [4.69, 9.17) is 4.74 Å². The van der Waals surface area contributed by atoms with Crippen LogP contribution in [0.5, 0.6) is 5.75 Å². The molecule has 0 spiro atoms. The number of hydrogen-bond acceptors (Lipinski definition) is 5. The molecule has 0 radical (unpaired) electrons. The molecular formula is C32H27NO4. The summed E-state index contributed by atoms with van der Waals surface area (Å²) in [6, 6.07) is 22.0. The summed E-state index contributed by atoms with van der Waals surface area (Å²) in [4.78, 5) is 40.0. The van der Waals surface area contributed by atoms with E-state index in [9.17, 15) is 14.4 Å². The highest BCUT2D eigenvalue weighted by atomic mass is 16.5. The fourth-order valence-electron chi connectivity index (χ4n) is 5.74. The number of esters is 1. The van der Waals surface area contributed by atoms with E-state index in [-0.39, 0.29) is 17.0 Å². The van der Waals surface area contributed by atoms with Gasteiger partial charge in [-0.1, -0.05) is 67.9 Å². The van der Waals surface area contributed by atoms with Crippen molar-refractivity contribution in [3.8, 4) is 5.75 Å². The lowest BCUT2D eigenvalue weighted by atomic mass is 9.68. The minimum Gasteiger partial charge on any atom is -0.423 e. The molecule has 3 aromatic rings. The minimum absolute atomic E-state index is 0.0427. The van der Waals surface area contributed by atoms with Gasteiger partial charge in [-0.2, -0.15) is 0 Å². The number of benzene rings is 3. The normalized spacial score (nSPS) is 19.7. The molecule has 5 nitrogen and oxygen atoms in total. The maximum Gasteiger partial charge on any atom is 0.343 e. The molecule has 0 amide bonds. The molecule has 1 aliphatic heterocycles. The van der Waals surface area contributed by atoms with Crippen molar-refractivity contribution >= 4 is 23.2 Å². The molecule has 1 unspecified atom stereocenters. The highest BCUT2D eigenvalue weighted by Gasteiger charge is 2.46. The maximum atomic E-state index is 13.7. The monoisotopic (exact) mass is 489 g/mol. The molecule has 37 heavy (non-hydrogen) atoms. The number of carbonyl (C=O) groups excluding carboxylic acids is 3. The number of ether oxygens (including phenoxy) is 1. The highest BCUT2D eigenvalue weighted by Crippen LogP contribution is 2.51. The van der Waals surface area contributed by atoms with Crippen LogP contribution < -0.4 is 10.1 Å². The van der Waals surface area contributed by atoms with E-state index in [0.29, 0.717) is 40.9 Å². The van der Waals surface area contributed by atoms with Gasteiger partial charge in [0.2, 0.25) is 0 Å². The van der Waals surface area contributed by atoms with E-state index >= 15 is 0 Å². The summed E-state index contributed by atoms with van der Waals surface area (Å²) in [5.41, 5.74) is 6.45. The first-order valence-corrected chi connectivity index (χ1v) is 12.5. The van der Waals surface area contributed by atoms with Crippen LogP contribution >= 0.6 is 0 Å². The number of ketones is 2. The fraction of sp³-hybridized carbons (Fsp3) is 0.219. The number of dihydropyridines is 1. The number of aryl methyl sites for hydroxylation is 1. The van der Waals surface area contributed by atoms with E-state index in [0.717, 1.165) is 28.1 Å². The van der Waals surface area contributed by atoms with Gasteiger partial charge in [-0.25, -0.2) is 4.79 Å². The Balaban J connectivity index is 1.44. The first kappa shape index (κ1) is 23.2. The number of Topliss-reactive ketones (excluding diaryl/α,β-unsaturated/α-hetero) is 2. The van der Waals surface area contributed by atoms with Crippen molar-refractivity contribution in [1.82, 2.24) is 5.32 Å². The van der Waals surface area contributed by atoms with Crippen LogP contribution in [0, 0.1) is 12.3 Å². The van der Waals surface area contributed by atoms with Crippen LogP contribution in [0.3, 0.4) is 0 Å². The third-order valence-corrected chi connectivity index (χ3v) is 7.42. The lowest BCUT2D eigenvalue weighted by molar-refractivity contribution is -0.118. The number of rotatable bonds is 3. The second kappa shape index (κ2) is 8.41. The molecular weight excluding hydrogens is 462 g/mol. The number of allylic oxidation sites excluding steroid dienone is 3. The van der Waals surface area contributed by atoms with E-state index in [2.05, 4.69) is 19.2 Å². The van der Waals surface area contributed by atoms with E-state index in [1.54, 1.807) is 30.3 Å². The average Bonchev–Trinajstić information content (AvgIpc) is 3.14. The summed E-state index contributed by atoms with van der Waals surface area (Å²) in [6.45, 7) is 6.14. The van der Waals surface area contributed by atoms with Crippen molar-refractivity contribution < 1.29 is 19.1 Å². The minimum atomic E-state index is -0.534. The molecule has 1 atom stereocenters. The third-order valence-electron chi connectivity index (χ3n) is 7.42. The van der Waals surface area contributed by atoms with Crippen molar-refractivity contribution in [1.29, 1.82) is 0 Å². The molecule has 2 aliphatic carbocycles. The average molecular weight is 490 g/mol. The van der Waals surface area contributed by atoms with Gasteiger partial charge in [0.1, 0.15) is 5.75 Å². The summed E-state index contributed by atoms with van der Waals surface area (Å²) in [5.74, 6) is -0.650. The Labute approximate surface area is 215 Å². The zero-order valence-corrected chi connectivity index (χ0v) is 21.1. The first-order chi connectivity index (χ1) is 17.7. The Morgan fingerprint density at radius 2 is 1.62 bits per heavy atom. The predicted octanol–water partition coefficient (Wildman–Crippen LogP) is 6.15. The second-order valence-electron chi connectivity index (χ2n) is 10.9. The Hall–Kier alpha value is -4.25. The molecule has 0 saturated heterocycles. The van der Waals surface area contributed by atoms with Crippen LogP contribution in [0.15, 0.2) is 89.6 Å². The lowest BCUT2D eigenvalue weighted by Crippen LogP contribution is -2.37. The molecule has 0 saturated carbocycles. The molecule has 3 aliphatic rings. The quantitative estimate of drug-likeness (QED) is 0.353. The van der Waals surface area contributed by atoms with Crippen LogP contribution in [0.2, 0.25) is 0 Å². The summed E-state index contributed by atoms with van der Waals surface area (Å²) in [7, 11) is 0. The number of nitrogens with one attached hydrogen (secondary N) is 1. The zero-order chi connectivity index (χ0) is 25.9. The van der Waals surface area contributed by atoms with E-state index in [1.807, 2.05) is 49.4 Å². The van der Waals surface area contributed by atoms with Crippen molar-refractivity contribution in [3.05, 3.63) is 117 Å². The zero-order valence-electron chi connectivity index (χ0n) is 21.1. The third kappa shape index (κ3) is 3.91. The van der Waals surface area contributed by atoms with E-state index < -0.39 is 11.9 Å². The first-order valence-electron chi connectivity index (χ1n) is 12.5. The molecule has 0 aromatic heterocycles. The topological polar surface area (TPSA) is 72.5 Å². The highest BCUT2D eigenvalue weighted by molar-refractivity contribution is 6.23. The molecule has 1 heterocycles. The van der Waals surface area contributed by atoms with Crippen LogP contribution in [0.25, 0.3) is 5.70 Å². The van der Waals surface area contributed by atoms with Gasteiger partial charge in [-0.15, -0.1) is 0 Å². The standard InChI is InChI=1S/C32H27NO4/c1-18-11-13-19(14-12-18)31(36)37-21-8-6-7-20(15-21)26-27-24(16-32(2,3)17-25(27)34)33-29-22-9-4-5-10-23(22)30(35)28(26)29/h4-15,26,33H,16-17H2,1-3H3. The molecule has 6 rings (SSSR count). The summed E-state index contributed by atoms with van der Waals surface area (Å²) < 4.78 is 5.71. The Morgan fingerprint density at radius 1 is 0.892 bits per heavy atom. The smallest absolute Gasteiger partial charge is 0.343 e. The Bertz CT molecular complexity index is 1560. The lowest BCUT2D eigenvalue weighted by Gasteiger charge is -2.39. The molecule has 5 heteroatoms. The number of carbonyl (C=O) groups is 3. The van der Waals surface area contributed by atoms with Crippen molar-refractivity contribution in [2.45, 2.75) is 39.5 Å². The molecule has 184 valence electrons. The summed E-state index contributed by atoms with van der Waals surface area (Å²) in [6.07, 6.45) is 1.12. The Kier molecular flexibility index (Phi) is 5.27. The second-order valence-corrected chi connectivity index (χ2v) is 10.9. The summed E-state index contributed by atoms with van der Waals surface area (Å²) in [5, 5.41) is 3.49. The maximum absolute atomic E-state index is 13.7. The largest absolute Gasteiger partial charge is 0.423 e. The summed E-state index contributed by atoms with van der Waals surface area (Å²) >= 11 is 0. The van der Waals surface area contributed by atoms with Crippen LogP contribution in [-0.2, 0) is 4.79 Å². The van der Waals surface area contributed by atoms with Gasteiger partial charge in [-0.3, -0.25) is 9.59 Å². The molecule has 1 N–H and O–H groups in total. The van der Waals surface area contributed by atoms with Gasteiger partial charge in [0.05, 0.1) is 11.3 Å². The van der Waals surface area contributed by atoms with Gasteiger partial charge in [0, 0.05) is 40.3 Å². The van der Waals surface area contributed by atoms with E-state index in [1.165, 1.54) is 0 Å². The van der Waals surface area contributed by atoms with Crippen molar-refractivity contribution in [2.75, 3.05) is 0 Å². The Morgan fingerprint density at radius 3 is 2.38 bits per heavy atom. The van der Waals surface area contributed by atoms with Crippen molar-refractivity contribution in [2.24, 2.45) is 5.41 Å². The fourth-order valence-corrected chi connectivity index (χ4v) is 5.74. The van der Waals surface area contributed by atoms with Crippen LogP contribution in [0.4, 0.5) is 0 Å². The number of hydrogen-bond donors (Lipinski definition) is 1. The molecule has 0 fully saturated rings.